The molecule has 1 amide bonds. The highest BCUT2D eigenvalue weighted by molar-refractivity contribution is 8.29. The van der Waals surface area contributed by atoms with Crippen LogP contribution < -0.4 is 5.01 Å². The molecule has 0 fully saturated rings. The Labute approximate surface area is 217 Å². The van der Waals surface area contributed by atoms with E-state index in [9.17, 15) is 19.2 Å². The van der Waals surface area contributed by atoms with E-state index in [0.29, 0.717) is 9.92 Å². The number of ether oxygens (including phenoxy) is 3. The predicted octanol–water partition coefficient (Wildman–Crippen LogP) is 4.32. The van der Waals surface area contributed by atoms with Gasteiger partial charge in [0.15, 0.2) is 5.71 Å². The lowest BCUT2D eigenvalue weighted by Gasteiger charge is -2.10. The minimum atomic E-state index is -0.696. The van der Waals surface area contributed by atoms with Crippen LogP contribution >= 0.6 is 23.5 Å². The van der Waals surface area contributed by atoms with Crippen molar-refractivity contribution in [3.63, 3.8) is 0 Å². The average Bonchev–Trinajstić information content (AvgIpc) is 3.48. The lowest BCUT2D eigenvalue weighted by molar-refractivity contribution is -0.138. The minimum Gasteiger partial charge on any atom is -0.465 e. The Hall–Kier alpha value is -3.31. The second-order valence-electron chi connectivity index (χ2n) is 7.51. The van der Waals surface area contributed by atoms with Crippen LogP contribution in [0.5, 0.6) is 0 Å². The Morgan fingerprint density at radius 2 is 1.56 bits per heavy atom. The van der Waals surface area contributed by atoms with Crippen molar-refractivity contribution in [3.05, 3.63) is 62.1 Å². The number of methoxy groups -OCH3 is 2. The monoisotopic (exact) mass is 530 g/mol. The topological polar surface area (TPSA) is 112 Å². The number of para-hydroxylation sites is 1. The Balaban J connectivity index is 1.86. The van der Waals surface area contributed by atoms with E-state index in [0.717, 1.165) is 54.2 Å². The summed E-state index contributed by atoms with van der Waals surface area (Å²) in [7, 11) is 2.43. The van der Waals surface area contributed by atoms with Gasteiger partial charge in [-0.15, -0.1) is 0 Å². The number of hydrogen-bond acceptors (Lipinski definition) is 10. The van der Waals surface area contributed by atoms with Gasteiger partial charge in [-0.2, -0.15) is 10.1 Å². The number of hydrazone groups is 1. The molecule has 0 aromatic heterocycles. The lowest BCUT2D eigenvalue weighted by atomic mass is 10.1. The number of rotatable bonds is 10. The van der Waals surface area contributed by atoms with Gasteiger partial charge in [0, 0.05) is 0 Å². The number of hydrogen-bond donors (Lipinski definition) is 0. The largest absolute Gasteiger partial charge is 0.465 e. The molecule has 0 atom stereocenters. The molecule has 0 N–H and O–H groups in total. The molecule has 2 aliphatic heterocycles. The Bertz CT molecular complexity index is 1130. The standard InChI is InChI=1S/C25H26N2O7S2/c1-4-5-6-10-15-34-23(29)19-17(22(28)27(26-19)16-11-8-7-9-12-16)13-14-18-35-20(24(30)32-2)21(36-18)25(31)33-3/h7-9,11-14H,4-6,10,15H2,1-3H3. The van der Waals surface area contributed by atoms with Crippen LogP contribution in [0.15, 0.2) is 67.2 Å². The molecule has 11 heteroatoms. The first-order chi connectivity index (χ1) is 17.4. The zero-order chi connectivity index (χ0) is 26.1. The molecular formula is C25H26N2O7S2. The van der Waals surface area contributed by atoms with E-state index in [2.05, 4.69) is 12.0 Å². The fourth-order valence-electron chi connectivity index (χ4n) is 3.21. The number of carbonyl (C=O) groups excluding carboxylic acids is 4. The smallest absolute Gasteiger partial charge is 0.359 e. The molecule has 0 bridgehead atoms. The summed E-state index contributed by atoms with van der Waals surface area (Å²) in [6.07, 6.45) is 6.74. The third-order valence-electron chi connectivity index (χ3n) is 5.04. The fraction of sp³-hybridized carbons (Fsp3) is 0.320. The predicted molar refractivity (Wildman–Crippen MR) is 139 cm³/mol. The molecule has 0 saturated carbocycles. The Morgan fingerprint density at radius 1 is 0.917 bits per heavy atom. The summed E-state index contributed by atoms with van der Waals surface area (Å²) in [5, 5.41) is 5.39. The molecule has 0 saturated heterocycles. The lowest BCUT2D eigenvalue weighted by Crippen LogP contribution is -2.23. The number of amides is 1. The first-order valence-electron chi connectivity index (χ1n) is 11.2. The number of thioether (sulfide) groups is 2. The van der Waals surface area contributed by atoms with Gasteiger partial charge in [-0.25, -0.2) is 14.4 Å². The molecule has 9 nitrogen and oxygen atoms in total. The average molecular weight is 531 g/mol. The summed E-state index contributed by atoms with van der Waals surface area (Å²) in [5.41, 5.74) is 0.426. The Morgan fingerprint density at radius 3 is 2.14 bits per heavy atom. The van der Waals surface area contributed by atoms with Gasteiger partial charge in [0.25, 0.3) is 5.91 Å². The summed E-state index contributed by atoms with van der Waals surface area (Å²) >= 11 is 2.02. The van der Waals surface area contributed by atoms with Crippen molar-refractivity contribution in [2.24, 2.45) is 5.10 Å². The minimum absolute atomic E-state index is 0.0391. The maximum atomic E-state index is 13.2. The van der Waals surface area contributed by atoms with Gasteiger partial charge < -0.3 is 14.2 Å². The first kappa shape index (κ1) is 27.3. The molecule has 0 radical (unpaired) electrons. The normalized spacial score (nSPS) is 16.4. The van der Waals surface area contributed by atoms with E-state index in [4.69, 9.17) is 14.2 Å². The van der Waals surface area contributed by atoms with Gasteiger partial charge in [0.2, 0.25) is 0 Å². The third kappa shape index (κ3) is 6.46. The summed E-state index contributed by atoms with van der Waals surface area (Å²) in [6.45, 7) is 2.32. The number of allylic oxidation sites excluding steroid dienone is 2. The van der Waals surface area contributed by atoms with E-state index >= 15 is 0 Å². The van der Waals surface area contributed by atoms with E-state index in [-0.39, 0.29) is 27.7 Å². The van der Waals surface area contributed by atoms with E-state index in [1.54, 1.807) is 36.4 Å². The van der Waals surface area contributed by atoms with Gasteiger partial charge in [-0.05, 0) is 30.7 Å². The molecule has 2 heterocycles. The van der Waals surface area contributed by atoms with Crippen LogP contribution in [0.3, 0.4) is 0 Å². The van der Waals surface area contributed by atoms with Crippen LogP contribution in [0.1, 0.15) is 32.6 Å². The van der Waals surface area contributed by atoms with Crippen molar-refractivity contribution in [3.8, 4) is 0 Å². The van der Waals surface area contributed by atoms with Crippen LogP contribution in [-0.2, 0) is 33.4 Å². The molecule has 2 aliphatic rings. The maximum Gasteiger partial charge on any atom is 0.359 e. The number of anilines is 1. The molecular weight excluding hydrogens is 504 g/mol. The highest BCUT2D eigenvalue weighted by Gasteiger charge is 2.36. The first-order valence-corrected chi connectivity index (χ1v) is 12.9. The van der Waals surface area contributed by atoms with Crippen molar-refractivity contribution in [2.75, 3.05) is 25.8 Å². The number of esters is 3. The quantitative estimate of drug-likeness (QED) is 0.189. The maximum absolute atomic E-state index is 13.2. The zero-order valence-corrected chi connectivity index (χ0v) is 21.8. The fourth-order valence-corrected chi connectivity index (χ4v) is 5.49. The van der Waals surface area contributed by atoms with Crippen molar-refractivity contribution in [1.82, 2.24) is 0 Å². The highest BCUT2D eigenvalue weighted by atomic mass is 32.2. The summed E-state index contributed by atoms with van der Waals surface area (Å²) in [4.78, 5) is 50.4. The molecule has 0 unspecified atom stereocenters. The van der Waals surface area contributed by atoms with Crippen LogP contribution in [0, 0.1) is 0 Å². The van der Waals surface area contributed by atoms with Crippen LogP contribution in [-0.4, -0.2) is 50.4 Å². The van der Waals surface area contributed by atoms with Crippen LogP contribution in [0.2, 0.25) is 0 Å². The van der Waals surface area contributed by atoms with Crippen molar-refractivity contribution in [1.29, 1.82) is 0 Å². The highest BCUT2D eigenvalue weighted by Crippen LogP contribution is 2.50. The summed E-state index contributed by atoms with van der Waals surface area (Å²) in [5.74, 6) is -2.55. The summed E-state index contributed by atoms with van der Waals surface area (Å²) < 4.78 is 15.4. The van der Waals surface area contributed by atoms with Gasteiger partial charge in [0.05, 0.1) is 36.3 Å². The number of benzene rings is 1. The Kier molecular flexibility index (Phi) is 9.95. The van der Waals surface area contributed by atoms with Crippen LogP contribution in [0.4, 0.5) is 5.69 Å². The SMILES string of the molecule is CCCCCCOC(=O)C1=NN(c2ccccc2)C(=O)C1=CC=C1SC(C(=O)OC)=C(C(=O)OC)S1. The van der Waals surface area contributed by atoms with Crippen molar-refractivity contribution < 1.29 is 33.4 Å². The van der Waals surface area contributed by atoms with Gasteiger partial charge in [-0.1, -0.05) is 67.9 Å². The zero-order valence-electron chi connectivity index (χ0n) is 20.1. The van der Waals surface area contributed by atoms with E-state index in [1.807, 2.05) is 0 Å². The molecule has 0 aliphatic carbocycles. The molecule has 36 heavy (non-hydrogen) atoms. The summed E-state index contributed by atoms with van der Waals surface area (Å²) in [6, 6.07) is 8.73. The van der Waals surface area contributed by atoms with Gasteiger partial charge in [0.1, 0.15) is 9.81 Å². The van der Waals surface area contributed by atoms with Crippen molar-refractivity contribution >= 4 is 58.7 Å². The molecule has 1 aromatic rings. The molecule has 1 aromatic carbocycles. The second kappa shape index (κ2) is 13.1. The second-order valence-corrected chi connectivity index (χ2v) is 9.87. The van der Waals surface area contributed by atoms with E-state index in [1.165, 1.54) is 20.3 Å². The number of carbonyl (C=O) groups is 4. The number of nitrogens with zero attached hydrogens (tertiary/aromatic N) is 2. The van der Waals surface area contributed by atoms with Crippen LogP contribution in [0.25, 0.3) is 0 Å². The molecule has 3 rings (SSSR count). The van der Waals surface area contributed by atoms with Gasteiger partial charge in [-0.3, -0.25) is 4.79 Å². The third-order valence-corrected chi connectivity index (χ3v) is 7.50. The number of unbranched alkanes of at least 4 members (excludes halogenated alkanes) is 3. The molecule has 190 valence electrons. The van der Waals surface area contributed by atoms with Gasteiger partial charge >= 0.3 is 17.9 Å². The van der Waals surface area contributed by atoms with Crippen molar-refractivity contribution in [2.45, 2.75) is 32.6 Å². The van der Waals surface area contributed by atoms with E-state index < -0.39 is 23.8 Å². The molecule has 0 spiro atoms.